The molecule has 116 valence electrons. The Labute approximate surface area is 139 Å². The van der Waals surface area contributed by atoms with Crippen molar-refractivity contribution in [2.24, 2.45) is 0 Å². The Morgan fingerprint density at radius 3 is 2.48 bits per heavy atom. The Hall–Kier alpha value is -2.47. The smallest absolute Gasteiger partial charge is 0.293 e. The third-order valence-corrected chi connectivity index (χ3v) is 4.10. The summed E-state index contributed by atoms with van der Waals surface area (Å²) in [5.41, 5.74) is 0.709. The highest BCUT2D eigenvalue weighted by Gasteiger charge is 2.39. The molecule has 4 nitrogen and oxygen atoms in total. The van der Waals surface area contributed by atoms with Crippen molar-refractivity contribution in [3.8, 4) is 0 Å². The standard InChI is InChI=1S/C17H11BrFNO3/c18-11-6-4-9(5-7-11)15(21)13-14(20-17(23)16(13)22)10-2-1-3-12(19)8-10/h1-8,14,21H,(H,20,23)/t14-/m1/s1. The number of aliphatic hydroxyl groups is 1. The molecule has 0 radical (unpaired) electrons. The first-order valence-corrected chi connectivity index (χ1v) is 7.56. The second-order valence-electron chi connectivity index (χ2n) is 5.06. The van der Waals surface area contributed by atoms with Crippen LogP contribution in [0.3, 0.4) is 0 Å². The average Bonchev–Trinajstić information content (AvgIpc) is 2.83. The van der Waals surface area contributed by atoms with Crippen LogP contribution in [0.15, 0.2) is 58.6 Å². The summed E-state index contributed by atoms with van der Waals surface area (Å²) in [4.78, 5) is 23.9. The molecule has 1 fully saturated rings. The van der Waals surface area contributed by atoms with Gasteiger partial charge < -0.3 is 10.4 Å². The molecule has 1 amide bonds. The van der Waals surface area contributed by atoms with Gasteiger partial charge in [0.15, 0.2) is 0 Å². The molecule has 0 bridgehead atoms. The Morgan fingerprint density at radius 1 is 1.13 bits per heavy atom. The summed E-state index contributed by atoms with van der Waals surface area (Å²) >= 11 is 3.28. The summed E-state index contributed by atoms with van der Waals surface area (Å²) < 4.78 is 14.2. The molecule has 6 heteroatoms. The van der Waals surface area contributed by atoms with Crippen LogP contribution in [0.25, 0.3) is 5.76 Å². The molecule has 0 unspecified atom stereocenters. The maximum atomic E-state index is 13.4. The van der Waals surface area contributed by atoms with Crippen LogP contribution < -0.4 is 5.32 Å². The fraction of sp³-hybridized carbons (Fsp3) is 0.0588. The highest BCUT2D eigenvalue weighted by Crippen LogP contribution is 2.33. The van der Waals surface area contributed by atoms with Crippen LogP contribution in [0.1, 0.15) is 17.2 Å². The van der Waals surface area contributed by atoms with E-state index in [4.69, 9.17) is 0 Å². The van der Waals surface area contributed by atoms with E-state index in [0.717, 1.165) is 4.47 Å². The summed E-state index contributed by atoms with van der Waals surface area (Å²) in [6, 6.07) is 11.3. The van der Waals surface area contributed by atoms with Gasteiger partial charge in [0.05, 0.1) is 11.6 Å². The molecule has 1 atom stereocenters. The molecule has 2 aromatic carbocycles. The highest BCUT2D eigenvalue weighted by molar-refractivity contribution is 9.10. The SMILES string of the molecule is O=C1N[C@H](c2cccc(F)c2)C(=C(O)c2ccc(Br)cc2)C1=O. The van der Waals surface area contributed by atoms with Gasteiger partial charge in [0, 0.05) is 10.0 Å². The Balaban J connectivity index is 2.12. The molecule has 1 heterocycles. The zero-order valence-electron chi connectivity index (χ0n) is 11.7. The molecular weight excluding hydrogens is 365 g/mol. The minimum Gasteiger partial charge on any atom is -0.507 e. The van der Waals surface area contributed by atoms with Crippen molar-refractivity contribution in [2.45, 2.75) is 6.04 Å². The van der Waals surface area contributed by atoms with Gasteiger partial charge in [-0.3, -0.25) is 9.59 Å². The van der Waals surface area contributed by atoms with Crippen LogP contribution in [-0.4, -0.2) is 16.8 Å². The quantitative estimate of drug-likeness (QED) is 0.480. The number of Topliss-reactive ketones (excluding diaryl/α,β-unsaturated/α-hetero) is 1. The molecule has 0 spiro atoms. The van der Waals surface area contributed by atoms with E-state index in [1.807, 2.05) is 0 Å². The van der Waals surface area contributed by atoms with Gasteiger partial charge in [-0.1, -0.05) is 40.2 Å². The topological polar surface area (TPSA) is 66.4 Å². The first-order chi connectivity index (χ1) is 11.0. The van der Waals surface area contributed by atoms with E-state index in [9.17, 15) is 19.1 Å². The zero-order chi connectivity index (χ0) is 16.6. The number of halogens is 2. The molecular formula is C17H11BrFNO3. The van der Waals surface area contributed by atoms with Crippen molar-refractivity contribution in [1.29, 1.82) is 0 Å². The predicted octanol–water partition coefficient (Wildman–Crippen LogP) is 3.30. The number of carbonyl (C=O) groups is 2. The molecule has 1 aliphatic rings. The maximum Gasteiger partial charge on any atom is 0.293 e. The number of ketones is 1. The van der Waals surface area contributed by atoms with Crippen molar-refractivity contribution in [3.63, 3.8) is 0 Å². The molecule has 0 aliphatic carbocycles. The first-order valence-electron chi connectivity index (χ1n) is 6.77. The van der Waals surface area contributed by atoms with Crippen molar-refractivity contribution >= 4 is 33.4 Å². The van der Waals surface area contributed by atoms with Crippen LogP contribution in [0.2, 0.25) is 0 Å². The highest BCUT2D eigenvalue weighted by atomic mass is 79.9. The van der Waals surface area contributed by atoms with Gasteiger partial charge >= 0.3 is 0 Å². The lowest BCUT2D eigenvalue weighted by atomic mass is 9.96. The van der Waals surface area contributed by atoms with E-state index in [1.165, 1.54) is 18.2 Å². The predicted molar refractivity (Wildman–Crippen MR) is 86.0 cm³/mol. The van der Waals surface area contributed by atoms with Crippen LogP contribution in [-0.2, 0) is 9.59 Å². The van der Waals surface area contributed by atoms with Gasteiger partial charge in [-0.25, -0.2) is 4.39 Å². The summed E-state index contributed by atoms with van der Waals surface area (Å²) in [5, 5.41) is 12.9. The number of hydrogen-bond acceptors (Lipinski definition) is 3. The van der Waals surface area contributed by atoms with Crippen LogP contribution in [0.5, 0.6) is 0 Å². The van der Waals surface area contributed by atoms with Crippen molar-refractivity contribution < 1.29 is 19.1 Å². The molecule has 0 aromatic heterocycles. The van der Waals surface area contributed by atoms with Gasteiger partial charge in [0.1, 0.15) is 11.6 Å². The number of amides is 1. The summed E-state index contributed by atoms with van der Waals surface area (Å²) in [5.74, 6) is -2.42. The third-order valence-electron chi connectivity index (χ3n) is 3.57. The van der Waals surface area contributed by atoms with Gasteiger partial charge in [-0.05, 0) is 29.8 Å². The maximum absolute atomic E-state index is 13.4. The number of rotatable bonds is 2. The largest absolute Gasteiger partial charge is 0.507 e. The number of aliphatic hydroxyl groups excluding tert-OH is 1. The third kappa shape index (κ3) is 2.90. The lowest BCUT2D eigenvalue weighted by Crippen LogP contribution is -2.21. The van der Waals surface area contributed by atoms with Crippen LogP contribution >= 0.6 is 15.9 Å². The monoisotopic (exact) mass is 375 g/mol. The van der Waals surface area contributed by atoms with E-state index in [1.54, 1.807) is 30.3 Å². The fourth-order valence-electron chi connectivity index (χ4n) is 2.47. The van der Waals surface area contributed by atoms with Gasteiger partial charge in [-0.2, -0.15) is 0 Å². The van der Waals surface area contributed by atoms with E-state index in [2.05, 4.69) is 21.2 Å². The molecule has 2 N–H and O–H groups in total. The number of hydrogen-bond donors (Lipinski definition) is 2. The normalized spacial score (nSPS) is 19.7. The Bertz CT molecular complexity index is 830. The van der Waals surface area contributed by atoms with Crippen molar-refractivity contribution in [3.05, 3.63) is 75.5 Å². The van der Waals surface area contributed by atoms with Crippen LogP contribution in [0, 0.1) is 5.82 Å². The first kappa shape index (κ1) is 15.4. The molecule has 23 heavy (non-hydrogen) atoms. The summed E-state index contributed by atoms with van der Waals surface area (Å²) in [6.07, 6.45) is 0. The second kappa shape index (κ2) is 5.96. The van der Waals surface area contributed by atoms with E-state index in [0.29, 0.717) is 11.1 Å². The number of benzene rings is 2. The molecule has 1 aliphatic heterocycles. The molecule has 0 saturated carbocycles. The van der Waals surface area contributed by atoms with Crippen LogP contribution in [0.4, 0.5) is 4.39 Å². The summed E-state index contributed by atoms with van der Waals surface area (Å²) in [7, 11) is 0. The zero-order valence-corrected chi connectivity index (χ0v) is 13.3. The summed E-state index contributed by atoms with van der Waals surface area (Å²) in [6.45, 7) is 0. The minimum absolute atomic E-state index is 0.0806. The molecule has 2 aromatic rings. The lowest BCUT2D eigenvalue weighted by molar-refractivity contribution is -0.133. The van der Waals surface area contributed by atoms with E-state index in [-0.39, 0.29) is 11.3 Å². The van der Waals surface area contributed by atoms with E-state index >= 15 is 0 Å². The lowest BCUT2D eigenvalue weighted by Gasteiger charge is -2.13. The van der Waals surface area contributed by atoms with Crippen molar-refractivity contribution in [2.75, 3.05) is 0 Å². The average molecular weight is 376 g/mol. The fourth-order valence-corrected chi connectivity index (χ4v) is 2.73. The second-order valence-corrected chi connectivity index (χ2v) is 5.98. The Kier molecular flexibility index (Phi) is 4.00. The van der Waals surface area contributed by atoms with Gasteiger partial charge in [-0.15, -0.1) is 0 Å². The number of carbonyl (C=O) groups excluding carboxylic acids is 2. The van der Waals surface area contributed by atoms with Gasteiger partial charge in [0.2, 0.25) is 0 Å². The molecule has 3 rings (SSSR count). The Morgan fingerprint density at radius 2 is 1.83 bits per heavy atom. The molecule has 1 saturated heterocycles. The number of nitrogens with one attached hydrogen (secondary N) is 1. The van der Waals surface area contributed by atoms with Gasteiger partial charge in [0.25, 0.3) is 11.7 Å². The van der Waals surface area contributed by atoms with E-state index < -0.39 is 23.5 Å². The minimum atomic E-state index is -0.880. The van der Waals surface area contributed by atoms with Crippen molar-refractivity contribution in [1.82, 2.24) is 5.32 Å².